The van der Waals surface area contributed by atoms with Crippen LogP contribution in [0.5, 0.6) is 0 Å². The van der Waals surface area contributed by atoms with Crippen LogP contribution in [0, 0.1) is 6.92 Å². The fraction of sp³-hybridized carbons (Fsp3) is 0.471. The number of carbonyl (C=O) groups excluding carboxylic acids is 1. The van der Waals surface area contributed by atoms with Crippen molar-refractivity contribution in [2.24, 2.45) is 0 Å². The van der Waals surface area contributed by atoms with Crippen molar-refractivity contribution in [3.63, 3.8) is 0 Å². The van der Waals surface area contributed by atoms with Crippen molar-refractivity contribution in [2.75, 3.05) is 49.6 Å². The number of nitrogens with one attached hydrogen (secondary N) is 2. The smallest absolute Gasteiger partial charge is 0.253 e. The Balaban J connectivity index is 1.43. The number of anilines is 2. The Morgan fingerprint density at radius 3 is 2.78 bits per heavy atom. The van der Waals surface area contributed by atoms with Gasteiger partial charge in [0, 0.05) is 44.0 Å². The molecule has 2 aromatic heterocycles. The van der Waals surface area contributed by atoms with E-state index in [-0.39, 0.29) is 18.0 Å². The number of amides is 1. The van der Waals surface area contributed by atoms with E-state index in [9.17, 15) is 9.59 Å². The molecule has 0 unspecified atom stereocenters. The Morgan fingerprint density at radius 2 is 2.00 bits per heavy atom. The predicted molar refractivity (Wildman–Crippen MR) is 99.8 cm³/mol. The number of carbonyl (C=O) groups is 1. The molecule has 3 heterocycles. The van der Waals surface area contributed by atoms with E-state index in [1.807, 2.05) is 6.07 Å². The summed E-state index contributed by atoms with van der Waals surface area (Å²) in [5, 5.41) is 5.92. The first-order chi connectivity index (χ1) is 13.1. The minimum atomic E-state index is -0.249. The van der Waals surface area contributed by atoms with Crippen LogP contribution in [0.15, 0.2) is 29.6 Å². The zero-order valence-electron chi connectivity index (χ0n) is 15.2. The molecule has 0 atom stereocenters. The minimum absolute atomic E-state index is 0.0548. The molecule has 3 rings (SSSR count). The molecule has 0 bridgehead atoms. The van der Waals surface area contributed by atoms with Gasteiger partial charge in [0.2, 0.25) is 5.91 Å². The lowest BCUT2D eigenvalue weighted by molar-refractivity contribution is -0.121. The highest BCUT2D eigenvalue weighted by atomic mass is 16.5. The SMILES string of the molecule is Cc1cc(=O)n(CC(=O)NCCNc2cc(N3CCOCC3)ncn2)cn1. The zero-order chi connectivity index (χ0) is 19.1. The summed E-state index contributed by atoms with van der Waals surface area (Å²) in [6, 6.07) is 3.28. The Morgan fingerprint density at radius 1 is 1.19 bits per heavy atom. The predicted octanol–water partition coefficient (Wildman–Crippen LogP) is -0.593. The summed E-state index contributed by atoms with van der Waals surface area (Å²) in [6.45, 7) is 5.59. The molecule has 0 aromatic carbocycles. The summed E-state index contributed by atoms with van der Waals surface area (Å²) in [5.74, 6) is 1.30. The first kappa shape index (κ1) is 18.8. The summed E-state index contributed by atoms with van der Waals surface area (Å²) < 4.78 is 6.62. The Kier molecular flexibility index (Phi) is 6.31. The van der Waals surface area contributed by atoms with E-state index in [0.29, 0.717) is 37.8 Å². The van der Waals surface area contributed by atoms with Crippen LogP contribution in [0.2, 0.25) is 0 Å². The summed E-state index contributed by atoms with van der Waals surface area (Å²) in [7, 11) is 0. The number of nitrogens with zero attached hydrogens (tertiary/aromatic N) is 5. The lowest BCUT2D eigenvalue weighted by Gasteiger charge is -2.27. The third-order valence-electron chi connectivity index (χ3n) is 4.07. The normalized spacial score (nSPS) is 14.0. The van der Waals surface area contributed by atoms with E-state index >= 15 is 0 Å². The zero-order valence-corrected chi connectivity index (χ0v) is 15.2. The molecule has 0 radical (unpaired) electrons. The first-order valence-electron chi connectivity index (χ1n) is 8.80. The molecule has 10 nitrogen and oxygen atoms in total. The maximum Gasteiger partial charge on any atom is 0.253 e. The third kappa shape index (κ3) is 5.48. The molecule has 0 saturated carbocycles. The molecule has 1 amide bonds. The van der Waals surface area contributed by atoms with Gasteiger partial charge in [-0.15, -0.1) is 0 Å². The molecule has 0 spiro atoms. The van der Waals surface area contributed by atoms with Gasteiger partial charge >= 0.3 is 0 Å². The van der Waals surface area contributed by atoms with Crippen molar-refractivity contribution in [1.29, 1.82) is 0 Å². The lowest BCUT2D eigenvalue weighted by atomic mass is 10.4. The number of ether oxygens (including phenoxy) is 1. The van der Waals surface area contributed by atoms with Crippen LogP contribution in [0.4, 0.5) is 11.6 Å². The topological polar surface area (TPSA) is 114 Å². The number of rotatable bonds is 7. The second kappa shape index (κ2) is 9.08. The summed E-state index contributed by atoms with van der Waals surface area (Å²) in [6.07, 6.45) is 2.89. The molecule has 0 aliphatic carbocycles. The molecule has 2 aromatic rings. The van der Waals surface area contributed by atoms with Gasteiger partial charge in [-0.05, 0) is 6.92 Å². The fourth-order valence-corrected chi connectivity index (χ4v) is 2.65. The van der Waals surface area contributed by atoms with Crippen LogP contribution in [0.25, 0.3) is 0 Å². The van der Waals surface area contributed by atoms with Crippen molar-refractivity contribution in [1.82, 2.24) is 24.8 Å². The fourth-order valence-electron chi connectivity index (χ4n) is 2.65. The number of hydrogen-bond acceptors (Lipinski definition) is 8. The molecule has 10 heteroatoms. The first-order valence-corrected chi connectivity index (χ1v) is 8.80. The van der Waals surface area contributed by atoms with Crippen LogP contribution in [-0.4, -0.2) is 64.8 Å². The number of aryl methyl sites for hydroxylation is 1. The van der Waals surface area contributed by atoms with Crippen LogP contribution >= 0.6 is 0 Å². The number of aromatic nitrogens is 4. The van der Waals surface area contributed by atoms with Crippen molar-refractivity contribution in [3.05, 3.63) is 40.8 Å². The summed E-state index contributed by atoms with van der Waals surface area (Å²) in [4.78, 5) is 38.4. The molecule has 1 fully saturated rings. The average Bonchev–Trinajstić information content (AvgIpc) is 2.68. The maximum absolute atomic E-state index is 12.0. The van der Waals surface area contributed by atoms with Gasteiger partial charge in [0.05, 0.1) is 19.5 Å². The Hall–Kier alpha value is -3.01. The lowest BCUT2D eigenvalue weighted by Crippen LogP contribution is -2.37. The van der Waals surface area contributed by atoms with Gasteiger partial charge < -0.3 is 20.3 Å². The van der Waals surface area contributed by atoms with Crippen molar-refractivity contribution in [3.8, 4) is 0 Å². The second-order valence-corrected chi connectivity index (χ2v) is 6.13. The average molecular weight is 373 g/mol. The van der Waals surface area contributed by atoms with Gasteiger partial charge in [0.25, 0.3) is 5.56 Å². The van der Waals surface area contributed by atoms with E-state index in [1.54, 1.807) is 6.92 Å². The van der Waals surface area contributed by atoms with Crippen molar-refractivity contribution < 1.29 is 9.53 Å². The van der Waals surface area contributed by atoms with Gasteiger partial charge in [0.15, 0.2) is 0 Å². The highest BCUT2D eigenvalue weighted by Gasteiger charge is 2.13. The van der Waals surface area contributed by atoms with E-state index in [4.69, 9.17) is 4.74 Å². The molecule has 27 heavy (non-hydrogen) atoms. The number of morpholine rings is 1. The van der Waals surface area contributed by atoms with Crippen LogP contribution < -0.4 is 21.1 Å². The molecule has 1 saturated heterocycles. The largest absolute Gasteiger partial charge is 0.378 e. The van der Waals surface area contributed by atoms with Crippen molar-refractivity contribution >= 4 is 17.5 Å². The minimum Gasteiger partial charge on any atom is -0.378 e. The summed E-state index contributed by atoms with van der Waals surface area (Å²) >= 11 is 0. The molecule has 1 aliphatic heterocycles. The Labute approximate surface area is 156 Å². The summed E-state index contributed by atoms with van der Waals surface area (Å²) in [5.41, 5.74) is 0.384. The molecule has 144 valence electrons. The quantitative estimate of drug-likeness (QED) is 0.619. The van der Waals surface area contributed by atoms with Crippen LogP contribution in [0.3, 0.4) is 0 Å². The maximum atomic E-state index is 12.0. The monoisotopic (exact) mass is 373 g/mol. The standard InChI is InChI=1S/C17H23N7O3/c1-13-8-17(26)24(12-22-13)10-16(25)19-3-2-18-14-9-15(21-11-20-14)23-4-6-27-7-5-23/h8-9,11-12H,2-7,10H2,1H3,(H,19,25)(H,18,20,21). The van der Waals surface area contributed by atoms with E-state index in [2.05, 4.69) is 30.5 Å². The molecular formula is C17H23N7O3. The molecular weight excluding hydrogens is 350 g/mol. The van der Waals surface area contributed by atoms with E-state index in [1.165, 1.54) is 23.3 Å². The van der Waals surface area contributed by atoms with E-state index < -0.39 is 0 Å². The molecule has 2 N–H and O–H groups in total. The molecule has 1 aliphatic rings. The number of hydrogen-bond donors (Lipinski definition) is 2. The van der Waals surface area contributed by atoms with E-state index in [0.717, 1.165) is 18.9 Å². The third-order valence-corrected chi connectivity index (χ3v) is 4.07. The highest BCUT2D eigenvalue weighted by Crippen LogP contribution is 2.14. The highest BCUT2D eigenvalue weighted by molar-refractivity contribution is 5.75. The van der Waals surface area contributed by atoms with Crippen LogP contribution in [0.1, 0.15) is 5.69 Å². The van der Waals surface area contributed by atoms with Gasteiger partial charge in [-0.3, -0.25) is 14.2 Å². The van der Waals surface area contributed by atoms with Gasteiger partial charge in [-0.1, -0.05) is 0 Å². The van der Waals surface area contributed by atoms with Gasteiger partial charge in [-0.2, -0.15) is 0 Å². The van der Waals surface area contributed by atoms with Gasteiger partial charge in [-0.25, -0.2) is 15.0 Å². The second-order valence-electron chi connectivity index (χ2n) is 6.13. The van der Waals surface area contributed by atoms with Crippen molar-refractivity contribution in [2.45, 2.75) is 13.5 Å². The van der Waals surface area contributed by atoms with Crippen LogP contribution in [-0.2, 0) is 16.1 Å². The Bertz CT molecular complexity index is 833. The van der Waals surface area contributed by atoms with Gasteiger partial charge in [0.1, 0.15) is 24.5 Å².